The molecule has 0 bridgehead atoms. The summed E-state index contributed by atoms with van der Waals surface area (Å²) in [5.74, 6) is -1.40. The molecule has 1 aliphatic rings. The van der Waals surface area contributed by atoms with Gasteiger partial charge in [-0.25, -0.2) is 22.7 Å². The van der Waals surface area contributed by atoms with E-state index in [1.165, 1.54) is 0 Å². The van der Waals surface area contributed by atoms with E-state index in [2.05, 4.69) is 10.0 Å². The van der Waals surface area contributed by atoms with Gasteiger partial charge >= 0.3 is 12.1 Å². The lowest BCUT2D eigenvalue weighted by Crippen LogP contribution is -2.41. The van der Waals surface area contributed by atoms with Crippen molar-refractivity contribution in [2.24, 2.45) is 0 Å². The third-order valence-corrected chi connectivity index (χ3v) is 7.73. The number of carboxylic acid groups (broad SMARTS) is 1. The molecule has 4 rings (SSSR count). The van der Waals surface area contributed by atoms with Gasteiger partial charge < -0.3 is 15.2 Å². The highest BCUT2D eigenvalue weighted by molar-refractivity contribution is 7.88. The molecule has 37 heavy (non-hydrogen) atoms. The highest BCUT2D eigenvalue weighted by Crippen LogP contribution is 2.44. The molecular weight excluding hydrogens is 492 g/mol. The van der Waals surface area contributed by atoms with Gasteiger partial charge in [-0.3, -0.25) is 0 Å². The molecule has 0 aromatic heterocycles. The Morgan fingerprint density at radius 2 is 1.46 bits per heavy atom. The average molecular weight is 523 g/mol. The summed E-state index contributed by atoms with van der Waals surface area (Å²) in [6.07, 6.45) is 0.205. The number of fused-ring (bicyclic) bond motifs is 3. The Bertz CT molecular complexity index is 1300. The van der Waals surface area contributed by atoms with E-state index in [9.17, 15) is 23.1 Å². The van der Waals surface area contributed by atoms with Gasteiger partial charge in [-0.15, -0.1) is 0 Å². The largest absolute Gasteiger partial charge is 0.480 e. The minimum absolute atomic E-state index is 0.0927. The van der Waals surface area contributed by atoms with Crippen molar-refractivity contribution in [1.29, 1.82) is 0 Å². The zero-order chi connectivity index (χ0) is 26.3. The Labute approximate surface area is 216 Å². The van der Waals surface area contributed by atoms with Gasteiger partial charge in [-0.2, -0.15) is 0 Å². The van der Waals surface area contributed by atoms with Crippen molar-refractivity contribution >= 4 is 22.1 Å². The first-order valence-corrected chi connectivity index (χ1v) is 13.8. The highest BCUT2D eigenvalue weighted by atomic mass is 32.2. The van der Waals surface area contributed by atoms with Gasteiger partial charge in [0.1, 0.15) is 12.6 Å². The molecule has 0 saturated heterocycles. The first-order valence-electron chi connectivity index (χ1n) is 12.2. The average Bonchev–Trinajstić information content (AvgIpc) is 3.20. The molecule has 0 radical (unpaired) electrons. The number of amides is 1. The number of nitrogens with one attached hydrogen (secondary N) is 2. The summed E-state index contributed by atoms with van der Waals surface area (Å²) < 4.78 is 32.4. The van der Waals surface area contributed by atoms with E-state index >= 15 is 0 Å². The topological polar surface area (TPSA) is 122 Å². The van der Waals surface area contributed by atoms with E-state index in [4.69, 9.17) is 4.74 Å². The number of carbonyl (C=O) groups excluding carboxylic acids is 1. The van der Waals surface area contributed by atoms with Crippen LogP contribution in [0.25, 0.3) is 11.1 Å². The molecule has 0 unspecified atom stereocenters. The maximum Gasteiger partial charge on any atom is 0.407 e. The number of hydrogen-bond donors (Lipinski definition) is 3. The fourth-order valence-corrected chi connectivity index (χ4v) is 5.77. The molecular formula is C28H30N2O6S. The molecule has 3 aromatic carbocycles. The molecule has 0 aliphatic heterocycles. The van der Waals surface area contributed by atoms with E-state index in [1.807, 2.05) is 54.6 Å². The summed E-state index contributed by atoms with van der Waals surface area (Å²) in [6, 6.07) is 23.7. The van der Waals surface area contributed by atoms with Crippen LogP contribution in [0.15, 0.2) is 78.9 Å². The van der Waals surface area contributed by atoms with Crippen LogP contribution in [0.5, 0.6) is 0 Å². The fourth-order valence-electron chi connectivity index (χ4n) is 4.59. The Balaban J connectivity index is 1.22. The van der Waals surface area contributed by atoms with Crippen molar-refractivity contribution in [2.45, 2.75) is 37.0 Å². The summed E-state index contributed by atoms with van der Waals surface area (Å²) in [5.41, 5.74) is 5.04. The summed E-state index contributed by atoms with van der Waals surface area (Å²) in [4.78, 5) is 24.1. The Morgan fingerprint density at radius 3 is 2.08 bits per heavy atom. The van der Waals surface area contributed by atoms with E-state index in [0.29, 0.717) is 18.4 Å². The molecule has 3 aromatic rings. The lowest BCUT2D eigenvalue weighted by molar-refractivity contribution is -0.139. The van der Waals surface area contributed by atoms with Crippen LogP contribution in [0.2, 0.25) is 0 Å². The van der Waals surface area contributed by atoms with Crippen LogP contribution in [-0.4, -0.2) is 44.8 Å². The number of carbonyl (C=O) groups is 2. The monoisotopic (exact) mass is 522 g/mol. The van der Waals surface area contributed by atoms with Gasteiger partial charge in [-0.1, -0.05) is 78.9 Å². The minimum Gasteiger partial charge on any atom is -0.480 e. The summed E-state index contributed by atoms with van der Waals surface area (Å²) in [7, 11) is -3.48. The van der Waals surface area contributed by atoms with Crippen molar-refractivity contribution in [3.05, 3.63) is 95.6 Å². The van der Waals surface area contributed by atoms with E-state index < -0.39 is 28.1 Å². The number of benzene rings is 3. The number of hydrogen-bond acceptors (Lipinski definition) is 5. The van der Waals surface area contributed by atoms with E-state index in [0.717, 1.165) is 22.3 Å². The van der Waals surface area contributed by atoms with Gasteiger partial charge in [0.2, 0.25) is 10.0 Å². The van der Waals surface area contributed by atoms with Crippen molar-refractivity contribution in [2.75, 3.05) is 13.2 Å². The van der Waals surface area contributed by atoms with Crippen molar-refractivity contribution in [3.63, 3.8) is 0 Å². The molecule has 0 fully saturated rings. The molecule has 8 nitrogen and oxygen atoms in total. The zero-order valence-electron chi connectivity index (χ0n) is 20.3. The number of ether oxygens (including phenoxy) is 1. The molecule has 0 spiro atoms. The maximum absolute atomic E-state index is 12.4. The second-order valence-corrected chi connectivity index (χ2v) is 10.8. The first-order chi connectivity index (χ1) is 17.8. The molecule has 9 heteroatoms. The normalized spacial score (nSPS) is 13.4. The molecule has 1 amide bonds. The van der Waals surface area contributed by atoms with Gasteiger partial charge in [0.25, 0.3) is 0 Å². The first kappa shape index (κ1) is 26.4. The number of sulfonamides is 1. The zero-order valence-corrected chi connectivity index (χ0v) is 21.1. The quantitative estimate of drug-likeness (QED) is 0.306. The fraction of sp³-hybridized carbons (Fsp3) is 0.286. The number of carboxylic acids is 1. The summed E-state index contributed by atoms with van der Waals surface area (Å²) in [5, 5.41) is 12.0. The van der Waals surface area contributed by atoms with Crippen LogP contribution < -0.4 is 10.0 Å². The third-order valence-electron chi connectivity index (χ3n) is 6.37. The number of rotatable bonds is 12. The lowest BCUT2D eigenvalue weighted by atomic mass is 9.98. The molecule has 1 atom stereocenters. The highest BCUT2D eigenvalue weighted by Gasteiger charge is 2.29. The standard InChI is InChI=1S/C28H30N2O6S/c31-27(32)26(16-8-9-17-29-37(34,35)19-20-10-2-1-3-11-20)30-28(33)36-18-25-23-14-6-4-12-21(23)22-13-5-7-15-24(22)25/h1-7,10-15,25-26,29H,8-9,16-19H2,(H,30,33)(H,31,32)/t26-/m0/s1. The van der Waals surface area contributed by atoms with Crippen LogP contribution in [0.3, 0.4) is 0 Å². The van der Waals surface area contributed by atoms with Gasteiger partial charge in [0, 0.05) is 12.5 Å². The van der Waals surface area contributed by atoms with E-state index in [-0.39, 0.29) is 31.2 Å². The van der Waals surface area contributed by atoms with Crippen LogP contribution in [0.1, 0.15) is 41.9 Å². The number of unbranched alkanes of at least 4 members (excludes halogenated alkanes) is 1. The van der Waals surface area contributed by atoms with Crippen molar-refractivity contribution in [3.8, 4) is 11.1 Å². The van der Waals surface area contributed by atoms with Crippen LogP contribution >= 0.6 is 0 Å². The summed E-state index contributed by atoms with van der Waals surface area (Å²) in [6.45, 7) is 0.280. The Morgan fingerprint density at radius 1 is 0.865 bits per heavy atom. The van der Waals surface area contributed by atoms with Crippen molar-refractivity contribution < 1.29 is 27.9 Å². The smallest absolute Gasteiger partial charge is 0.407 e. The van der Waals surface area contributed by atoms with Gasteiger partial charge in [0.15, 0.2) is 0 Å². The van der Waals surface area contributed by atoms with Gasteiger partial charge in [-0.05, 0) is 47.1 Å². The predicted octanol–water partition coefficient (Wildman–Crippen LogP) is 4.27. The Kier molecular flexibility index (Phi) is 8.58. The molecule has 194 valence electrons. The second kappa shape index (κ2) is 12.0. The van der Waals surface area contributed by atoms with Crippen LogP contribution in [0.4, 0.5) is 4.79 Å². The molecule has 0 saturated carbocycles. The van der Waals surface area contributed by atoms with Gasteiger partial charge in [0.05, 0.1) is 5.75 Å². The second-order valence-electron chi connectivity index (χ2n) is 9.00. The van der Waals surface area contributed by atoms with E-state index in [1.54, 1.807) is 24.3 Å². The molecule has 0 heterocycles. The Hall–Kier alpha value is -3.69. The van der Waals surface area contributed by atoms with Crippen molar-refractivity contribution in [1.82, 2.24) is 10.0 Å². The SMILES string of the molecule is O=C(N[C@@H](CCCCNS(=O)(=O)Cc1ccccc1)C(=O)O)OCC1c2ccccc2-c2ccccc21. The molecule has 3 N–H and O–H groups in total. The third kappa shape index (κ3) is 6.96. The lowest BCUT2D eigenvalue weighted by Gasteiger charge is -2.17. The predicted molar refractivity (Wildman–Crippen MR) is 141 cm³/mol. The maximum atomic E-state index is 12.4. The molecule has 1 aliphatic carbocycles. The van der Waals surface area contributed by atoms with Crippen LogP contribution in [0, 0.1) is 0 Å². The number of aliphatic carboxylic acids is 1. The summed E-state index contributed by atoms with van der Waals surface area (Å²) >= 11 is 0. The minimum atomic E-state index is -3.48. The van der Waals surface area contributed by atoms with Crippen LogP contribution in [-0.2, 0) is 25.3 Å². The number of alkyl carbamates (subject to hydrolysis) is 1.